The molecule has 2 aromatic heterocycles. The minimum absolute atomic E-state index is 0.107. The normalized spacial score (nSPS) is 16.4. The molecule has 1 saturated heterocycles. The number of nitrogens with zero attached hydrogens (tertiary/aromatic N) is 3. The minimum atomic E-state index is -0.271. The zero-order valence-electron chi connectivity index (χ0n) is 18.1. The molecule has 4 rings (SSSR count). The molecule has 1 aliphatic heterocycles. The largest absolute Gasteiger partial charge is 0.466 e. The number of piperidine rings is 1. The molecule has 0 spiro atoms. The molecule has 0 bridgehead atoms. The Balaban J connectivity index is 1.71. The maximum absolute atomic E-state index is 13.6. The molecule has 1 amide bonds. The van der Waals surface area contributed by atoms with Crippen molar-refractivity contribution in [1.29, 1.82) is 0 Å². The minimum Gasteiger partial charge on any atom is -0.466 e. The molecule has 3 heterocycles. The van der Waals surface area contributed by atoms with Crippen LogP contribution in [0.15, 0.2) is 41.8 Å². The SMILES string of the molecule is CCOC(=O)C1CCCN(C(=O)c2cc(-c3cccs3)nn2-c2ccc(C)cc2C)C1. The molecular formula is C24H27N3O3S. The fourth-order valence-corrected chi connectivity index (χ4v) is 4.76. The van der Waals surface area contributed by atoms with Crippen LogP contribution in [0, 0.1) is 19.8 Å². The van der Waals surface area contributed by atoms with Crippen molar-refractivity contribution < 1.29 is 14.3 Å². The van der Waals surface area contributed by atoms with E-state index in [0.717, 1.165) is 40.2 Å². The molecule has 3 aromatic rings. The van der Waals surface area contributed by atoms with Crippen LogP contribution in [0.4, 0.5) is 0 Å². The molecule has 0 N–H and O–H groups in total. The lowest BCUT2D eigenvalue weighted by Crippen LogP contribution is -2.43. The Morgan fingerprint density at radius 3 is 2.77 bits per heavy atom. The smallest absolute Gasteiger partial charge is 0.310 e. The second-order valence-electron chi connectivity index (χ2n) is 7.94. The zero-order valence-corrected chi connectivity index (χ0v) is 18.9. The molecule has 0 aliphatic carbocycles. The third kappa shape index (κ3) is 4.42. The number of carbonyl (C=O) groups excluding carboxylic acids is 2. The number of likely N-dealkylation sites (tertiary alicyclic amines) is 1. The van der Waals surface area contributed by atoms with E-state index in [2.05, 4.69) is 6.07 Å². The number of carbonyl (C=O) groups is 2. The number of aryl methyl sites for hydroxylation is 2. The van der Waals surface area contributed by atoms with E-state index in [-0.39, 0.29) is 17.8 Å². The van der Waals surface area contributed by atoms with E-state index in [1.165, 1.54) is 0 Å². The first-order chi connectivity index (χ1) is 15.0. The van der Waals surface area contributed by atoms with Crippen molar-refractivity contribution in [2.45, 2.75) is 33.6 Å². The van der Waals surface area contributed by atoms with Gasteiger partial charge in [-0.1, -0.05) is 23.8 Å². The van der Waals surface area contributed by atoms with Gasteiger partial charge in [-0.15, -0.1) is 11.3 Å². The van der Waals surface area contributed by atoms with E-state index in [1.807, 2.05) is 49.6 Å². The highest BCUT2D eigenvalue weighted by atomic mass is 32.1. The number of ether oxygens (including phenoxy) is 1. The Morgan fingerprint density at radius 2 is 2.06 bits per heavy atom. The average molecular weight is 438 g/mol. The van der Waals surface area contributed by atoms with Crippen molar-refractivity contribution >= 4 is 23.2 Å². The highest BCUT2D eigenvalue weighted by Crippen LogP contribution is 2.28. The molecule has 1 aliphatic rings. The van der Waals surface area contributed by atoms with Gasteiger partial charge in [0.05, 0.1) is 23.1 Å². The summed E-state index contributed by atoms with van der Waals surface area (Å²) in [5, 5.41) is 6.80. The van der Waals surface area contributed by atoms with Crippen LogP contribution in [0.3, 0.4) is 0 Å². The van der Waals surface area contributed by atoms with Crippen LogP contribution in [-0.4, -0.2) is 46.3 Å². The fourth-order valence-electron chi connectivity index (χ4n) is 4.08. The maximum atomic E-state index is 13.6. The number of hydrogen-bond acceptors (Lipinski definition) is 5. The van der Waals surface area contributed by atoms with Gasteiger partial charge in [0.2, 0.25) is 0 Å². The lowest BCUT2D eigenvalue weighted by molar-refractivity contribution is -0.149. The van der Waals surface area contributed by atoms with Gasteiger partial charge in [-0.3, -0.25) is 9.59 Å². The molecule has 0 radical (unpaired) electrons. The first kappa shape index (κ1) is 21.3. The number of amides is 1. The highest BCUT2D eigenvalue weighted by Gasteiger charge is 2.32. The summed E-state index contributed by atoms with van der Waals surface area (Å²) in [5.41, 5.74) is 4.39. The standard InChI is InChI=1S/C24H27N3O3S/c1-4-30-24(29)18-7-5-11-26(15-18)23(28)21-14-19(22-8-6-12-31-22)25-27(21)20-10-9-16(2)13-17(20)3/h6,8-10,12-14,18H,4-5,7,11,15H2,1-3H3. The van der Waals surface area contributed by atoms with Gasteiger partial charge in [-0.05, 0) is 62.8 Å². The molecule has 0 saturated carbocycles. The number of benzene rings is 1. The lowest BCUT2D eigenvalue weighted by Gasteiger charge is -2.31. The molecule has 162 valence electrons. The van der Waals surface area contributed by atoms with Gasteiger partial charge < -0.3 is 9.64 Å². The molecular weight excluding hydrogens is 410 g/mol. The van der Waals surface area contributed by atoms with Gasteiger partial charge in [0, 0.05) is 13.1 Å². The van der Waals surface area contributed by atoms with Crippen molar-refractivity contribution in [1.82, 2.24) is 14.7 Å². The second-order valence-corrected chi connectivity index (χ2v) is 8.88. The Bertz CT molecular complexity index is 1090. The average Bonchev–Trinajstić information content (AvgIpc) is 3.44. The van der Waals surface area contributed by atoms with Crippen LogP contribution >= 0.6 is 11.3 Å². The van der Waals surface area contributed by atoms with E-state index < -0.39 is 0 Å². The van der Waals surface area contributed by atoms with Gasteiger partial charge in [0.25, 0.3) is 5.91 Å². The van der Waals surface area contributed by atoms with Crippen molar-refractivity contribution in [3.63, 3.8) is 0 Å². The molecule has 31 heavy (non-hydrogen) atoms. The highest BCUT2D eigenvalue weighted by molar-refractivity contribution is 7.13. The van der Waals surface area contributed by atoms with Crippen molar-refractivity contribution in [2.24, 2.45) is 5.92 Å². The van der Waals surface area contributed by atoms with E-state index >= 15 is 0 Å². The lowest BCUT2D eigenvalue weighted by atomic mass is 9.98. The third-order valence-corrected chi connectivity index (χ3v) is 6.50. The van der Waals surface area contributed by atoms with Crippen molar-refractivity contribution in [3.05, 3.63) is 58.6 Å². The summed E-state index contributed by atoms with van der Waals surface area (Å²) in [7, 11) is 0. The molecule has 6 nitrogen and oxygen atoms in total. The summed E-state index contributed by atoms with van der Waals surface area (Å²) in [5.74, 6) is -0.599. The maximum Gasteiger partial charge on any atom is 0.310 e. The number of aromatic nitrogens is 2. The van der Waals surface area contributed by atoms with E-state index in [1.54, 1.807) is 27.8 Å². The van der Waals surface area contributed by atoms with Gasteiger partial charge >= 0.3 is 5.97 Å². The number of thiophene rings is 1. The number of hydrogen-bond donors (Lipinski definition) is 0. The van der Waals surface area contributed by atoms with Crippen LogP contribution < -0.4 is 0 Å². The van der Waals surface area contributed by atoms with Crippen molar-refractivity contribution in [3.8, 4) is 16.3 Å². The van der Waals surface area contributed by atoms with Gasteiger partial charge in [-0.2, -0.15) is 5.10 Å². The predicted octanol–water partition coefficient (Wildman–Crippen LogP) is 4.63. The fraction of sp³-hybridized carbons (Fsp3) is 0.375. The van der Waals surface area contributed by atoms with Gasteiger partial charge in [0.1, 0.15) is 11.4 Å². The number of esters is 1. The quantitative estimate of drug-likeness (QED) is 0.546. The molecule has 1 atom stereocenters. The Hall–Kier alpha value is -2.93. The van der Waals surface area contributed by atoms with Gasteiger partial charge in [-0.25, -0.2) is 4.68 Å². The summed E-state index contributed by atoms with van der Waals surface area (Å²) >= 11 is 1.60. The molecule has 1 aromatic carbocycles. The summed E-state index contributed by atoms with van der Waals surface area (Å²) in [6.45, 7) is 7.24. The number of rotatable bonds is 5. The van der Waals surface area contributed by atoms with E-state index in [4.69, 9.17) is 9.84 Å². The third-order valence-electron chi connectivity index (χ3n) is 5.61. The van der Waals surface area contributed by atoms with Gasteiger partial charge in [0.15, 0.2) is 0 Å². The predicted molar refractivity (Wildman–Crippen MR) is 122 cm³/mol. The topological polar surface area (TPSA) is 64.4 Å². The van der Waals surface area contributed by atoms with Crippen LogP contribution in [0.2, 0.25) is 0 Å². The summed E-state index contributed by atoms with van der Waals surface area (Å²) in [6, 6.07) is 12.0. The summed E-state index contributed by atoms with van der Waals surface area (Å²) in [4.78, 5) is 28.6. The Morgan fingerprint density at radius 1 is 1.23 bits per heavy atom. The van der Waals surface area contributed by atoms with Crippen LogP contribution in [-0.2, 0) is 9.53 Å². The van der Waals surface area contributed by atoms with Crippen molar-refractivity contribution in [2.75, 3.05) is 19.7 Å². The van der Waals surface area contributed by atoms with E-state index in [9.17, 15) is 9.59 Å². The van der Waals surface area contributed by atoms with Crippen LogP contribution in [0.25, 0.3) is 16.3 Å². The zero-order chi connectivity index (χ0) is 22.0. The molecule has 7 heteroatoms. The Kier molecular flexibility index (Phi) is 6.23. The van der Waals surface area contributed by atoms with Crippen LogP contribution in [0.5, 0.6) is 0 Å². The molecule has 1 fully saturated rings. The summed E-state index contributed by atoms with van der Waals surface area (Å²) < 4.78 is 6.95. The molecule has 1 unspecified atom stereocenters. The van der Waals surface area contributed by atoms with E-state index in [0.29, 0.717) is 25.4 Å². The monoisotopic (exact) mass is 437 g/mol. The first-order valence-electron chi connectivity index (χ1n) is 10.7. The Labute approximate surface area is 186 Å². The van der Waals surface area contributed by atoms with Crippen LogP contribution in [0.1, 0.15) is 41.4 Å². The first-order valence-corrected chi connectivity index (χ1v) is 11.5. The second kappa shape index (κ2) is 9.06. The summed E-state index contributed by atoms with van der Waals surface area (Å²) in [6.07, 6.45) is 1.53.